The molecule has 10 heteroatoms. The van der Waals surface area contributed by atoms with E-state index in [9.17, 15) is 18.0 Å². The summed E-state index contributed by atoms with van der Waals surface area (Å²) in [4.78, 5) is 13.0. The Morgan fingerprint density at radius 3 is 2.48 bits per heavy atom. The molecule has 4 rings (SSSR count). The van der Waals surface area contributed by atoms with Crippen LogP contribution < -0.4 is 4.74 Å². The lowest BCUT2D eigenvalue weighted by molar-refractivity contribution is -0.147. The van der Waals surface area contributed by atoms with Gasteiger partial charge in [-0.1, -0.05) is 17.3 Å². The van der Waals surface area contributed by atoms with Crippen molar-refractivity contribution in [2.24, 2.45) is 5.92 Å². The topological polar surface area (TPSA) is 80.5 Å². The Bertz CT molecular complexity index is 1140. The highest BCUT2D eigenvalue weighted by atomic mass is 19.4. The molecule has 0 unspecified atom stereocenters. The number of aromatic nitrogens is 3. The molecule has 0 bridgehead atoms. The Kier molecular flexibility index (Phi) is 6.11. The number of likely N-dealkylation sites (tertiary alicyclic amines) is 1. The van der Waals surface area contributed by atoms with Gasteiger partial charge in [0.25, 0.3) is 0 Å². The first-order valence-corrected chi connectivity index (χ1v) is 10.5. The third-order valence-corrected chi connectivity index (χ3v) is 5.35. The van der Waals surface area contributed by atoms with Crippen LogP contribution in [-0.4, -0.2) is 50.2 Å². The summed E-state index contributed by atoms with van der Waals surface area (Å²) in [6.07, 6.45) is -3.38. The summed E-state index contributed by atoms with van der Waals surface area (Å²) in [6.45, 7) is 5.05. The van der Waals surface area contributed by atoms with E-state index in [2.05, 4.69) is 10.3 Å². The molecule has 0 atom stereocenters. The summed E-state index contributed by atoms with van der Waals surface area (Å²) in [7, 11) is 0. The first-order chi connectivity index (χ1) is 15.6. The summed E-state index contributed by atoms with van der Waals surface area (Å²) < 4.78 is 47.4. The van der Waals surface area contributed by atoms with E-state index in [0.717, 1.165) is 11.6 Å². The van der Waals surface area contributed by atoms with Gasteiger partial charge in [0.2, 0.25) is 0 Å². The van der Waals surface area contributed by atoms with Crippen molar-refractivity contribution >= 4 is 5.97 Å². The molecule has 0 saturated carbocycles. The van der Waals surface area contributed by atoms with Gasteiger partial charge in [0.1, 0.15) is 11.4 Å². The van der Waals surface area contributed by atoms with Crippen molar-refractivity contribution in [3.05, 3.63) is 59.8 Å². The van der Waals surface area contributed by atoms with Crippen LogP contribution in [0.5, 0.6) is 5.75 Å². The van der Waals surface area contributed by atoms with Gasteiger partial charge >= 0.3 is 12.1 Å². The number of ether oxygens (including phenoxy) is 1. The molecule has 0 spiro atoms. The molecule has 0 radical (unpaired) electrons. The van der Waals surface area contributed by atoms with Gasteiger partial charge in [-0.2, -0.15) is 13.2 Å². The standard InChI is InChI=1S/C23H23F3N4O3/c1-14(2)33-21-8-5-16(9-19(21)23(24,25)26)20-13-30(28-27-20)18-6-3-15(4-7-18)10-29-11-17(12-29)22(31)32/h3-9,13-14,17H,10-12H2,1-2H3,(H,31,32). The molecule has 3 aromatic rings. The zero-order chi connectivity index (χ0) is 23.8. The third kappa shape index (κ3) is 5.16. The number of carbonyl (C=O) groups is 1. The third-order valence-electron chi connectivity index (χ3n) is 5.35. The van der Waals surface area contributed by atoms with Crippen LogP contribution in [0.2, 0.25) is 0 Å². The summed E-state index contributed by atoms with van der Waals surface area (Å²) in [6, 6.07) is 11.3. The molecule has 2 aromatic carbocycles. The van der Waals surface area contributed by atoms with E-state index in [0.29, 0.717) is 31.0 Å². The number of hydrogen-bond acceptors (Lipinski definition) is 5. The molecule has 1 aromatic heterocycles. The van der Waals surface area contributed by atoms with Crippen molar-refractivity contribution in [3.8, 4) is 22.7 Å². The molecule has 1 aliphatic rings. The first kappa shape index (κ1) is 22.8. The molecule has 7 nitrogen and oxygen atoms in total. The maximum atomic E-state index is 13.5. The minimum atomic E-state index is -4.56. The van der Waals surface area contributed by atoms with E-state index in [-0.39, 0.29) is 23.3 Å². The summed E-state index contributed by atoms with van der Waals surface area (Å²) in [5.74, 6) is -1.30. The number of carboxylic acid groups (broad SMARTS) is 1. The van der Waals surface area contributed by atoms with Crippen molar-refractivity contribution in [1.29, 1.82) is 0 Å². The SMILES string of the molecule is CC(C)Oc1ccc(-c2cn(-c3ccc(CN4CC(C(=O)O)C4)cc3)nn2)cc1C(F)(F)F. The Labute approximate surface area is 188 Å². The second-order valence-corrected chi connectivity index (χ2v) is 8.32. The molecule has 1 N–H and O–H groups in total. The van der Waals surface area contributed by atoms with Gasteiger partial charge in [0.15, 0.2) is 0 Å². The van der Waals surface area contributed by atoms with Crippen LogP contribution in [0.4, 0.5) is 13.2 Å². The maximum Gasteiger partial charge on any atom is 0.419 e. The predicted molar refractivity (Wildman–Crippen MR) is 114 cm³/mol. The number of carboxylic acids is 1. The van der Waals surface area contributed by atoms with Gasteiger partial charge in [-0.3, -0.25) is 9.69 Å². The molecule has 2 heterocycles. The number of aliphatic carboxylic acids is 1. The quantitative estimate of drug-likeness (QED) is 0.568. The molecule has 0 aliphatic carbocycles. The smallest absolute Gasteiger partial charge is 0.419 e. The highest BCUT2D eigenvalue weighted by Crippen LogP contribution is 2.39. The predicted octanol–water partition coefficient (Wildman–Crippen LogP) is 4.26. The number of hydrogen-bond donors (Lipinski definition) is 1. The van der Waals surface area contributed by atoms with Crippen molar-refractivity contribution in [2.45, 2.75) is 32.7 Å². The van der Waals surface area contributed by atoms with Crippen molar-refractivity contribution in [1.82, 2.24) is 19.9 Å². The molecule has 1 aliphatic heterocycles. The second kappa shape index (κ2) is 8.86. The van der Waals surface area contributed by atoms with Crippen LogP contribution in [0.3, 0.4) is 0 Å². The van der Waals surface area contributed by atoms with Crippen molar-refractivity contribution in [2.75, 3.05) is 13.1 Å². The summed E-state index contributed by atoms with van der Waals surface area (Å²) in [5.41, 5.74) is 1.47. The lowest BCUT2D eigenvalue weighted by Crippen LogP contribution is -2.49. The Morgan fingerprint density at radius 2 is 1.88 bits per heavy atom. The fraction of sp³-hybridized carbons (Fsp3) is 0.348. The monoisotopic (exact) mass is 460 g/mol. The van der Waals surface area contributed by atoms with Crippen LogP contribution in [0.25, 0.3) is 16.9 Å². The average Bonchev–Trinajstić information content (AvgIpc) is 3.20. The lowest BCUT2D eigenvalue weighted by Gasteiger charge is -2.36. The Hall–Kier alpha value is -3.40. The van der Waals surface area contributed by atoms with Gasteiger partial charge in [-0.05, 0) is 49.7 Å². The zero-order valence-electron chi connectivity index (χ0n) is 18.1. The van der Waals surface area contributed by atoms with Crippen molar-refractivity contribution < 1.29 is 27.8 Å². The molecule has 174 valence electrons. The second-order valence-electron chi connectivity index (χ2n) is 8.32. The van der Waals surface area contributed by atoms with E-state index >= 15 is 0 Å². The highest BCUT2D eigenvalue weighted by Gasteiger charge is 2.35. The van der Waals surface area contributed by atoms with E-state index in [4.69, 9.17) is 9.84 Å². The zero-order valence-corrected chi connectivity index (χ0v) is 18.1. The minimum absolute atomic E-state index is 0.221. The molecule has 33 heavy (non-hydrogen) atoms. The van der Waals surface area contributed by atoms with E-state index < -0.39 is 17.7 Å². The highest BCUT2D eigenvalue weighted by molar-refractivity contribution is 5.71. The lowest BCUT2D eigenvalue weighted by atomic mass is 9.99. The first-order valence-electron chi connectivity index (χ1n) is 10.5. The molecule has 0 amide bonds. The number of rotatable bonds is 7. The minimum Gasteiger partial charge on any atom is -0.490 e. The summed E-state index contributed by atoms with van der Waals surface area (Å²) >= 11 is 0. The van der Waals surface area contributed by atoms with Gasteiger partial charge in [0, 0.05) is 25.2 Å². The fourth-order valence-corrected chi connectivity index (χ4v) is 3.66. The normalized spacial score (nSPS) is 15.0. The van der Waals surface area contributed by atoms with Gasteiger partial charge in [0.05, 0.1) is 29.5 Å². The van der Waals surface area contributed by atoms with Crippen LogP contribution in [0.1, 0.15) is 25.0 Å². The number of alkyl halides is 3. The van der Waals surface area contributed by atoms with Gasteiger partial charge in [-0.15, -0.1) is 5.10 Å². The molecule has 1 saturated heterocycles. The van der Waals surface area contributed by atoms with Crippen LogP contribution in [-0.2, 0) is 17.5 Å². The number of nitrogens with zero attached hydrogens (tertiary/aromatic N) is 4. The number of halogens is 3. The van der Waals surface area contributed by atoms with Crippen LogP contribution in [0.15, 0.2) is 48.7 Å². The Morgan fingerprint density at radius 1 is 1.18 bits per heavy atom. The average molecular weight is 460 g/mol. The molecular weight excluding hydrogens is 437 g/mol. The van der Waals surface area contributed by atoms with Crippen LogP contribution in [0, 0.1) is 5.92 Å². The van der Waals surface area contributed by atoms with Gasteiger partial charge < -0.3 is 9.84 Å². The molecule has 1 fully saturated rings. The van der Waals surface area contributed by atoms with E-state index in [1.54, 1.807) is 20.0 Å². The van der Waals surface area contributed by atoms with Crippen LogP contribution >= 0.6 is 0 Å². The van der Waals surface area contributed by atoms with E-state index in [1.165, 1.54) is 16.8 Å². The number of benzene rings is 2. The fourth-order valence-electron chi connectivity index (χ4n) is 3.66. The van der Waals surface area contributed by atoms with E-state index in [1.807, 2.05) is 29.2 Å². The Balaban J connectivity index is 1.49. The summed E-state index contributed by atoms with van der Waals surface area (Å²) in [5, 5.41) is 17.0. The maximum absolute atomic E-state index is 13.5. The van der Waals surface area contributed by atoms with Crippen molar-refractivity contribution in [3.63, 3.8) is 0 Å². The largest absolute Gasteiger partial charge is 0.490 e. The molecular formula is C23H23F3N4O3. The van der Waals surface area contributed by atoms with Gasteiger partial charge in [-0.25, -0.2) is 4.68 Å².